The van der Waals surface area contributed by atoms with Crippen LogP contribution in [0.25, 0.3) is 0 Å². The molecule has 0 saturated heterocycles. The van der Waals surface area contributed by atoms with E-state index in [-0.39, 0.29) is 10.6 Å². The topological polar surface area (TPSA) is 71.5 Å². The van der Waals surface area contributed by atoms with Crippen molar-refractivity contribution in [2.45, 2.75) is 17.9 Å². The fourth-order valence-electron chi connectivity index (χ4n) is 2.75. The number of nitrogens with zero attached hydrogens (tertiary/aromatic N) is 1. The van der Waals surface area contributed by atoms with E-state index in [2.05, 4.69) is 0 Å². The Morgan fingerprint density at radius 2 is 1.80 bits per heavy atom. The summed E-state index contributed by atoms with van der Waals surface area (Å²) in [6.45, 7) is 1.67. The molecule has 0 aromatic heterocycles. The molecular weight excluding hydrogens is 382 g/mol. The van der Waals surface area contributed by atoms with Crippen molar-refractivity contribution in [3.8, 4) is 0 Å². The van der Waals surface area contributed by atoms with Crippen LogP contribution in [0.2, 0.25) is 5.02 Å². The van der Waals surface area contributed by atoms with Crippen molar-refractivity contribution in [2.75, 3.05) is 10.1 Å². The predicted molar refractivity (Wildman–Crippen MR) is 99.0 cm³/mol. The van der Waals surface area contributed by atoms with Gasteiger partial charge in [-0.2, -0.15) is 0 Å². The molecule has 0 unspecified atom stereocenters. The van der Waals surface area contributed by atoms with Gasteiger partial charge in [-0.3, -0.25) is 4.31 Å². The van der Waals surface area contributed by atoms with Gasteiger partial charge in [0.05, 0.1) is 22.4 Å². The van der Waals surface area contributed by atoms with Crippen LogP contribution in [-0.4, -0.2) is 28.6 Å². The maximum Gasteiger partial charge on any atom is 0.265 e. The summed E-state index contributed by atoms with van der Waals surface area (Å²) in [5, 5.41) is 1.36. The number of para-hydroxylation sites is 1. The zero-order chi connectivity index (χ0) is 18.2. The summed E-state index contributed by atoms with van der Waals surface area (Å²) in [6, 6.07) is 12.3. The summed E-state index contributed by atoms with van der Waals surface area (Å²) in [7, 11) is -7.43. The summed E-state index contributed by atoms with van der Waals surface area (Å²) >= 11 is 5.99. The van der Waals surface area contributed by atoms with E-state index < -0.39 is 25.9 Å². The Morgan fingerprint density at radius 1 is 1.12 bits per heavy atom. The lowest BCUT2D eigenvalue weighted by molar-refractivity contribution is 0.586. The summed E-state index contributed by atoms with van der Waals surface area (Å²) in [5.74, 6) is -0.291. The van der Waals surface area contributed by atoms with Crippen molar-refractivity contribution in [1.29, 1.82) is 0 Å². The van der Waals surface area contributed by atoms with E-state index in [1.165, 1.54) is 12.1 Å². The lowest BCUT2D eigenvalue weighted by Gasteiger charge is -2.29. The van der Waals surface area contributed by atoms with Gasteiger partial charge in [0.2, 0.25) is 0 Å². The van der Waals surface area contributed by atoms with E-state index >= 15 is 0 Å². The van der Waals surface area contributed by atoms with Crippen LogP contribution in [0.15, 0.2) is 64.9 Å². The number of benzene rings is 2. The average Bonchev–Trinajstić information content (AvgIpc) is 2.90. The quantitative estimate of drug-likeness (QED) is 0.794. The third-order valence-corrected chi connectivity index (χ3v) is 7.52. The first-order valence-electron chi connectivity index (χ1n) is 7.47. The molecule has 2 aromatic carbocycles. The summed E-state index contributed by atoms with van der Waals surface area (Å²) in [4.78, 5) is 0.0570. The molecule has 0 spiro atoms. The first-order chi connectivity index (χ1) is 11.7. The lowest BCUT2D eigenvalue weighted by Crippen LogP contribution is -2.41. The van der Waals surface area contributed by atoms with Crippen LogP contribution in [0, 0.1) is 6.92 Å². The molecule has 1 aliphatic rings. The van der Waals surface area contributed by atoms with E-state index in [1.54, 1.807) is 49.4 Å². The number of anilines is 1. The zero-order valence-corrected chi connectivity index (χ0v) is 15.7. The van der Waals surface area contributed by atoms with Gasteiger partial charge in [-0.05, 0) is 42.8 Å². The summed E-state index contributed by atoms with van der Waals surface area (Å²) < 4.78 is 51.5. The second kappa shape index (κ2) is 6.48. The van der Waals surface area contributed by atoms with Gasteiger partial charge in [-0.15, -0.1) is 0 Å². The van der Waals surface area contributed by atoms with Gasteiger partial charge in [0.1, 0.15) is 0 Å². The minimum Gasteiger partial charge on any atom is -0.258 e. The van der Waals surface area contributed by atoms with Crippen molar-refractivity contribution in [3.05, 3.63) is 70.6 Å². The molecule has 1 aliphatic heterocycles. The maximum absolute atomic E-state index is 13.3. The number of hydrogen-bond donors (Lipinski definition) is 0. The molecule has 5 nitrogen and oxygen atoms in total. The van der Waals surface area contributed by atoms with Gasteiger partial charge < -0.3 is 0 Å². The normalized spacial score (nSPS) is 19.0. The fourth-order valence-corrected chi connectivity index (χ4v) is 6.21. The van der Waals surface area contributed by atoms with Crippen LogP contribution < -0.4 is 4.31 Å². The summed E-state index contributed by atoms with van der Waals surface area (Å²) in [6.07, 6.45) is 1.40. The van der Waals surface area contributed by atoms with E-state index in [4.69, 9.17) is 11.6 Å². The van der Waals surface area contributed by atoms with Crippen molar-refractivity contribution in [3.63, 3.8) is 0 Å². The third-order valence-electron chi connectivity index (χ3n) is 3.91. The van der Waals surface area contributed by atoms with Gasteiger partial charge in [0.25, 0.3) is 10.0 Å². The Balaban J connectivity index is 2.18. The molecule has 1 atom stereocenters. The Hall–Kier alpha value is -1.83. The highest BCUT2D eigenvalue weighted by Gasteiger charge is 2.36. The maximum atomic E-state index is 13.3. The number of halogens is 1. The van der Waals surface area contributed by atoms with E-state index in [0.717, 1.165) is 9.71 Å². The third kappa shape index (κ3) is 3.58. The number of rotatable bonds is 4. The molecule has 0 amide bonds. The molecule has 0 aliphatic carbocycles. The van der Waals surface area contributed by atoms with Crippen LogP contribution >= 0.6 is 11.6 Å². The van der Waals surface area contributed by atoms with Gasteiger partial charge in [-0.25, -0.2) is 16.8 Å². The van der Waals surface area contributed by atoms with Crippen LogP contribution in [0.5, 0.6) is 0 Å². The van der Waals surface area contributed by atoms with Crippen molar-refractivity contribution < 1.29 is 16.8 Å². The number of hydrogen-bond acceptors (Lipinski definition) is 4. The molecule has 2 aromatic rings. The van der Waals surface area contributed by atoms with Crippen LogP contribution in [0.1, 0.15) is 5.56 Å². The second-order valence-corrected chi connectivity index (χ2v) is 9.92. The first-order valence-corrected chi connectivity index (χ1v) is 11.0. The molecule has 0 saturated carbocycles. The van der Waals surface area contributed by atoms with E-state index in [9.17, 15) is 16.8 Å². The molecule has 0 N–H and O–H groups in total. The van der Waals surface area contributed by atoms with E-state index in [0.29, 0.717) is 16.3 Å². The second-order valence-electron chi connectivity index (χ2n) is 5.77. The number of aryl methyl sites for hydroxylation is 1. The molecule has 0 radical (unpaired) electrons. The van der Waals surface area contributed by atoms with Crippen LogP contribution in [0.3, 0.4) is 0 Å². The number of sulfone groups is 1. The van der Waals surface area contributed by atoms with E-state index in [1.807, 2.05) is 0 Å². The predicted octanol–water partition coefficient (Wildman–Crippen LogP) is 3.15. The van der Waals surface area contributed by atoms with Crippen molar-refractivity contribution in [2.24, 2.45) is 0 Å². The molecule has 25 heavy (non-hydrogen) atoms. The molecule has 0 bridgehead atoms. The highest BCUT2D eigenvalue weighted by molar-refractivity contribution is 7.95. The van der Waals surface area contributed by atoms with Gasteiger partial charge >= 0.3 is 0 Å². The van der Waals surface area contributed by atoms with Gasteiger partial charge in [-0.1, -0.05) is 35.9 Å². The smallest absolute Gasteiger partial charge is 0.258 e. The largest absolute Gasteiger partial charge is 0.265 e. The molecular formula is C17H16ClNO4S2. The molecule has 3 rings (SSSR count). The Kier molecular flexibility index (Phi) is 4.66. The minimum atomic E-state index is -4.01. The highest BCUT2D eigenvalue weighted by atomic mass is 35.5. The van der Waals surface area contributed by atoms with Crippen LogP contribution in [0.4, 0.5) is 5.69 Å². The Morgan fingerprint density at radius 3 is 2.40 bits per heavy atom. The summed E-state index contributed by atoms with van der Waals surface area (Å²) in [5.41, 5.74) is 0.934. The minimum absolute atomic E-state index is 0.0570. The monoisotopic (exact) mass is 397 g/mol. The standard InChI is InChI=1S/C17H16ClNO4S2/c1-13-7-8-14(18)11-17(13)25(22,23)19(15-5-3-2-4-6-15)16-9-10-24(20,21)12-16/h2-11,16H,12H2,1H3/t16-/m1/s1. The molecule has 8 heteroatoms. The first kappa shape index (κ1) is 18.0. The van der Waals surface area contributed by atoms with Crippen molar-refractivity contribution >= 4 is 37.1 Å². The molecule has 1 heterocycles. The fraction of sp³-hybridized carbons (Fsp3) is 0.176. The van der Waals surface area contributed by atoms with Gasteiger partial charge in [0.15, 0.2) is 9.84 Å². The average molecular weight is 398 g/mol. The molecule has 0 fully saturated rings. The number of sulfonamides is 1. The molecule has 132 valence electrons. The highest BCUT2D eigenvalue weighted by Crippen LogP contribution is 2.31. The van der Waals surface area contributed by atoms with Gasteiger partial charge in [0, 0.05) is 10.4 Å². The van der Waals surface area contributed by atoms with Crippen molar-refractivity contribution in [1.82, 2.24) is 0 Å². The Labute approximate surface area is 152 Å². The zero-order valence-electron chi connectivity index (χ0n) is 13.3. The lowest BCUT2D eigenvalue weighted by atomic mass is 10.2. The Bertz CT molecular complexity index is 1030. The SMILES string of the molecule is Cc1ccc(Cl)cc1S(=O)(=O)N(c1ccccc1)[C@@H]1C=CS(=O)(=O)C1. The van der Waals surface area contributed by atoms with Crippen LogP contribution in [-0.2, 0) is 19.9 Å².